The van der Waals surface area contributed by atoms with Gasteiger partial charge < -0.3 is 14.5 Å². The largest absolute Gasteiger partial charge is 0.376 e. The van der Waals surface area contributed by atoms with Gasteiger partial charge in [-0.15, -0.1) is 11.3 Å². The summed E-state index contributed by atoms with van der Waals surface area (Å²) in [5.74, 6) is 0.889. The van der Waals surface area contributed by atoms with Gasteiger partial charge in [0.25, 0.3) is 0 Å². The molecule has 1 aromatic carbocycles. The molecule has 1 fully saturated rings. The van der Waals surface area contributed by atoms with Gasteiger partial charge in [-0.3, -0.25) is 4.79 Å². The van der Waals surface area contributed by atoms with Gasteiger partial charge in [-0.2, -0.15) is 5.26 Å². The maximum Gasteiger partial charge on any atom is 0.228 e. The molecule has 4 heterocycles. The summed E-state index contributed by atoms with van der Waals surface area (Å²) in [6.07, 6.45) is 1.16. The fraction of sp³-hybridized carbons (Fsp3) is 0.346. The number of nitriles is 1. The highest BCUT2D eigenvalue weighted by atomic mass is 32.1. The number of hydrogen-bond donors (Lipinski definition) is 0. The molecule has 33 heavy (non-hydrogen) atoms. The minimum absolute atomic E-state index is 0.0408. The molecule has 0 spiro atoms. The molecule has 0 aliphatic carbocycles. The number of thiophene rings is 1. The van der Waals surface area contributed by atoms with E-state index < -0.39 is 0 Å². The van der Waals surface area contributed by atoms with E-state index in [1.807, 2.05) is 40.6 Å². The summed E-state index contributed by atoms with van der Waals surface area (Å²) in [6, 6.07) is 16.6. The normalized spacial score (nSPS) is 18.0. The highest BCUT2D eigenvalue weighted by Crippen LogP contribution is 2.35. The van der Waals surface area contributed by atoms with Gasteiger partial charge in [-0.1, -0.05) is 36.4 Å². The van der Waals surface area contributed by atoms with Gasteiger partial charge in [-0.05, 0) is 30.4 Å². The first-order valence-electron chi connectivity index (χ1n) is 11.3. The van der Waals surface area contributed by atoms with E-state index in [2.05, 4.69) is 30.0 Å². The van der Waals surface area contributed by atoms with Crippen LogP contribution in [0.3, 0.4) is 0 Å². The van der Waals surface area contributed by atoms with Crippen molar-refractivity contribution < 1.29 is 9.53 Å². The summed E-state index contributed by atoms with van der Waals surface area (Å²) < 4.78 is 5.74. The first-order valence-corrected chi connectivity index (χ1v) is 12.2. The summed E-state index contributed by atoms with van der Waals surface area (Å²) in [5.41, 5.74) is 4.64. The van der Waals surface area contributed by atoms with E-state index in [-0.39, 0.29) is 11.9 Å². The summed E-state index contributed by atoms with van der Waals surface area (Å²) >= 11 is 1.62. The number of ether oxygens (including phenoxy) is 1. The Bertz CT molecular complexity index is 1190. The molecule has 0 bridgehead atoms. The number of aromatic nitrogens is 1. The summed E-state index contributed by atoms with van der Waals surface area (Å²) in [6.45, 7) is 5.10. The van der Waals surface area contributed by atoms with Crippen LogP contribution < -0.4 is 4.90 Å². The number of fused-ring (bicyclic) bond motifs is 1. The van der Waals surface area contributed by atoms with Gasteiger partial charge in [0.2, 0.25) is 5.91 Å². The lowest BCUT2D eigenvalue weighted by molar-refractivity contribution is -0.132. The Morgan fingerprint density at radius 1 is 1.21 bits per heavy atom. The second-order valence-electron chi connectivity index (χ2n) is 8.53. The highest BCUT2D eigenvalue weighted by molar-refractivity contribution is 7.10. The van der Waals surface area contributed by atoms with E-state index >= 15 is 0 Å². The second-order valence-corrected chi connectivity index (χ2v) is 9.57. The Kier molecular flexibility index (Phi) is 6.12. The third kappa shape index (κ3) is 4.24. The van der Waals surface area contributed by atoms with Crippen molar-refractivity contribution in [3.05, 3.63) is 69.4 Å². The monoisotopic (exact) mass is 458 g/mol. The predicted octanol–water partition coefficient (Wildman–Crippen LogP) is 4.03. The van der Waals surface area contributed by atoms with Crippen LogP contribution in [0.1, 0.15) is 28.5 Å². The molecule has 1 unspecified atom stereocenters. The number of amides is 1. The number of anilines is 1. The molecule has 6 nitrogen and oxygen atoms in total. The SMILES string of the molecule is CC1CN(c2nc(-c3ccccc3)c3c(c2C#N)CCOC3)CCN1C(=O)Cc1cccs1. The van der Waals surface area contributed by atoms with Crippen molar-refractivity contribution in [1.29, 1.82) is 5.26 Å². The molecule has 1 saturated heterocycles. The lowest BCUT2D eigenvalue weighted by atomic mass is 9.93. The number of nitrogens with zero attached hydrogens (tertiary/aromatic N) is 4. The average Bonchev–Trinajstić information content (AvgIpc) is 3.36. The maximum atomic E-state index is 12.9. The Hall–Kier alpha value is -3.21. The summed E-state index contributed by atoms with van der Waals surface area (Å²) in [5, 5.41) is 12.1. The van der Waals surface area contributed by atoms with E-state index in [0.29, 0.717) is 51.3 Å². The van der Waals surface area contributed by atoms with Crippen LogP contribution in [0.25, 0.3) is 11.3 Å². The van der Waals surface area contributed by atoms with Crippen molar-refractivity contribution in [1.82, 2.24) is 9.88 Å². The smallest absolute Gasteiger partial charge is 0.228 e. The molecule has 168 valence electrons. The van der Waals surface area contributed by atoms with Crippen molar-refractivity contribution in [2.24, 2.45) is 0 Å². The molecular weight excluding hydrogens is 432 g/mol. The number of pyridine rings is 1. The van der Waals surface area contributed by atoms with Crippen LogP contribution in [-0.4, -0.2) is 48.1 Å². The molecule has 3 aromatic rings. The van der Waals surface area contributed by atoms with Crippen molar-refractivity contribution in [3.63, 3.8) is 0 Å². The molecule has 2 aromatic heterocycles. The van der Waals surface area contributed by atoms with E-state index in [1.165, 1.54) is 0 Å². The van der Waals surface area contributed by atoms with Crippen LogP contribution in [-0.2, 0) is 29.0 Å². The third-order valence-electron chi connectivity index (χ3n) is 6.45. The van der Waals surface area contributed by atoms with Gasteiger partial charge in [0.15, 0.2) is 0 Å². The topological polar surface area (TPSA) is 69.5 Å². The Labute approximate surface area is 198 Å². The Morgan fingerprint density at radius 3 is 2.79 bits per heavy atom. The zero-order chi connectivity index (χ0) is 22.8. The summed E-state index contributed by atoms with van der Waals surface area (Å²) in [7, 11) is 0. The van der Waals surface area contributed by atoms with Crippen LogP contribution in [0.4, 0.5) is 5.82 Å². The highest BCUT2D eigenvalue weighted by Gasteiger charge is 2.32. The van der Waals surface area contributed by atoms with E-state index in [1.54, 1.807) is 11.3 Å². The number of piperazine rings is 1. The first kappa shape index (κ1) is 21.6. The molecule has 0 radical (unpaired) electrons. The predicted molar refractivity (Wildman–Crippen MR) is 129 cm³/mol. The van der Waals surface area contributed by atoms with Crippen LogP contribution in [0, 0.1) is 11.3 Å². The standard InChI is InChI=1S/C26H26N4O2S/c1-18-16-29(10-11-30(18)24(31)14-20-8-5-13-33-20)26-22(15-27)21-9-12-32-17-23(21)25(28-26)19-6-3-2-4-7-19/h2-8,13,18H,9-12,14,16-17H2,1H3. The molecule has 0 N–H and O–H groups in total. The van der Waals surface area contributed by atoms with Crippen molar-refractivity contribution in [3.8, 4) is 17.3 Å². The molecule has 7 heteroatoms. The Morgan fingerprint density at radius 2 is 2.06 bits per heavy atom. The zero-order valence-electron chi connectivity index (χ0n) is 18.7. The lowest BCUT2D eigenvalue weighted by Crippen LogP contribution is -2.54. The molecule has 1 amide bonds. The zero-order valence-corrected chi connectivity index (χ0v) is 19.5. The minimum atomic E-state index is 0.0408. The number of benzene rings is 1. The van der Waals surface area contributed by atoms with Crippen LogP contribution in [0.15, 0.2) is 47.8 Å². The summed E-state index contributed by atoms with van der Waals surface area (Å²) in [4.78, 5) is 23.2. The molecule has 2 aliphatic heterocycles. The maximum absolute atomic E-state index is 12.9. The van der Waals surface area contributed by atoms with E-state index in [9.17, 15) is 10.1 Å². The third-order valence-corrected chi connectivity index (χ3v) is 7.32. The average molecular weight is 459 g/mol. The van der Waals surface area contributed by atoms with Gasteiger partial charge in [-0.25, -0.2) is 4.98 Å². The molecule has 1 atom stereocenters. The van der Waals surface area contributed by atoms with Gasteiger partial charge in [0, 0.05) is 41.7 Å². The quantitative estimate of drug-likeness (QED) is 0.590. The van der Waals surface area contributed by atoms with Crippen molar-refractivity contribution >= 4 is 23.1 Å². The molecule has 5 rings (SSSR count). The fourth-order valence-corrected chi connectivity index (χ4v) is 5.50. The van der Waals surface area contributed by atoms with Gasteiger partial charge in [0.05, 0.1) is 30.9 Å². The van der Waals surface area contributed by atoms with Gasteiger partial charge in [0.1, 0.15) is 11.9 Å². The number of hydrogen-bond acceptors (Lipinski definition) is 6. The second kappa shape index (κ2) is 9.34. The fourth-order valence-electron chi connectivity index (χ4n) is 4.80. The van der Waals surface area contributed by atoms with Crippen LogP contribution >= 0.6 is 11.3 Å². The van der Waals surface area contributed by atoms with E-state index in [4.69, 9.17) is 9.72 Å². The number of carbonyl (C=O) groups excluding carboxylic acids is 1. The number of carbonyl (C=O) groups is 1. The molecular formula is C26H26N4O2S. The minimum Gasteiger partial charge on any atom is -0.376 e. The van der Waals surface area contributed by atoms with Crippen molar-refractivity contribution in [2.75, 3.05) is 31.1 Å². The molecule has 0 saturated carbocycles. The van der Waals surface area contributed by atoms with Crippen molar-refractivity contribution in [2.45, 2.75) is 32.4 Å². The first-order chi connectivity index (χ1) is 16.2. The Balaban J connectivity index is 1.46. The van der Waals surface area contributed by atoms with E-state index in [0.717, 1.165) is 33.1 Å². The molecule has 2 aliphatic rings. The van der Waals surface area contributed by atoms with Crippen LogP contribution in [0.2, 0.25) is 0 Å². The van der Waals surface area contributed by atoms with Gasteiger partial charge >= 0.3 is 0 Å². The lowest BCUT2D eigenvalue weighted by Gasteiger charge is -2.41. The van der Waals surface area contributed by atoms with Crippen LogP contribution in [0.5, 0.6) is 0 Å². The number of rotatable bonds is 4.